The highest BCUT2D eigenvalue weighted by molar-refractivity contribution is 5.60. The Hall–Kier alpha value is -2.30. The maximum Gasteiger partial charge on any atom is 0.135 e. The first kappa shape index (κ1) is 15.1. The highest BCUT2D eigenvalue weighted by atomic mass is 16.5. The lowest BCUT2D eigenvalue weighted by Gasteiger charge is -2.09. The molecule has 0 atom stereocenters. The molecule has 0 aliphatic carbocycles. The first-order valence-electron chi connectivity index (χ1n) is 7.29. The first-order chi connectivity index (χ1) is 10.3. The van der Waals surface area contributed by atoms with Gasteiger partial charge < -0.3 is 15.4 Å². The molecule has 5 nitrogen and oxygen atoms in total. The smallest absolute Gasteiger partial charge is 0.135 e. The Morgan fingerprint density at radius 3 is 2.76 bits per heavy atom. The van der Waals surface area contributed by atoms with E-state index in [1.807, 2.05) is 30.3 Å². The fourth-order valence-electron chi connectivity index (χ4n) is 1.96. The second-order valence-corrected chi connectivity index (χ2v) is 4.78. The van der Waals surface area contributed by atoms with Gasteiger partial charge in [-0.15, -0.1) is 0 Å². The molecule has 1 aromatic carbocycles. The average Bonchev–Trinajstić information content (AvgIpc) is 2.52. The van der Waals surface area contributed by atoms with Crippen molar-refractivity contribution in [2.24, 2.45) is 0 Å². The van der Waals surface area contributed by atoms with E-state index >= 15 is 0 Å². The molecular formula is C16H22N4O. The molecule has 112 valence electrons. The molecule has 0 unspecified atom stereocenters. The third kappa shape index (κ3) is 4.95. The van der Waals surface area contributed by atoms with Crippen LogP contribution < -0.4 is 15.4 Å². The molecule has 0 saturated heterocycles. The van der Waals surface area contributed by atoms with Crippen LogP contribution in [0.25, 0.3) is 0 Å². The molecule has 0 amide bonds. The molecule has 21 heavy (non-hydrogen) atoms. The summed E-state index contributed by atoms with van der Waals surface area (Å²) >= 11 is 0. The van der Waals surface area contributed by atoms with E-state index in [1.54, 1.807) is 13.4 Å². The minimum absolute atomic E-state index is 0.760. The van der Waals surface area contributed by atoms with Gasteiger partial charge in [-0.05, 0) is 18.6 Å². The summed E-state index contributed by atoms with van der Waals surface area (Å²) < 4.78 is 5.21. The van der Waals surface area contributed by atoms with E-state index in [9.17, 15) is 0 Å². The fourth-order valence-corrected chi connectivity index (χ4v) is 1.96. The molecule has 0 fully saturated rings. The molecule has 2 N–H and O–H groups in total. The molecule has 0 radical (unpaired) electrons. The van der Waals surface area contributed by atoms with Crippen LogP contribution in [0.2, 0.25) is 0 Å². The monoisotopic (exact) mass is 286 g/mol. The predicted molar refractivity (Wildman–Crippen MR) is 86.3 cm³/mol. The first-order valence-corrected chi connectivity index (χ1v) is 7.29. The maximum atomic E-state index is 5.21. The number of aromatic nitrogens is 2. The standard InChI is InChI=1S/C16H22N4O/c1-3-4-5-9-17-15-11-16(19-12-18-15)20-13-7-6-8-14(10-13)21-2/h6-8,10-12H,3-5,9H2,1-2H3,(H2,17,18,19,20). The highest BCUT2D eigenvalue weighted by Gasteiger charge is 2.00. The van der Waals surface area contributed by atoms with Crippen LogP contribution in [-0.2, 0) is 0 Å². The third-order valence-electron chi connectivity index (χ3n) is 3.10. The zero-order valence-corrected chi connectivity index (χ0v) is 12.6. The van der Waals surface area contributed by atoms with Crippen molar-refractivity contribution in [3.05, 3.63) is 36.7 Å². The molecule has 1 aromatic heterocycles. The molecule has 0 saturated carbocycles. The maximum absolute atomic E-state index is 5.21. The summed E-state index contributed by atoms with van der Waals surface area (Å²) in [7, 11) is 1.65. The van der Waals surface area contributed by atoms with Crippen molar-refractivity contribution in [2.45, 2.75) is 26.2 Å². The van der Waals surface area contributed by atoms with Crippen LogP contribution in [0.1, 0.15) is 26.2 Å². The summed E-state index contributed by atoms with van der Waals surface area (Å²) in [6, 6.07) is 9.65. The van der Waals surface area contributed by atoms with Crippen molar-refractivity contribution in [3.63, 3.8) is 0 Å². The quantitative estimate of drug-likeness (QED) is 0.722. The minimum atomic E-state index is 0.760. The Morgan fingerprint density at radius 1 is 1.10 bits per heavy atom. The van der Waals surface area contributed by atoms with Crippen molar-refractivity contribution in [1.82, 2.24) is 9.97 Å². The molecule has 2 aromatic rings. The number of methoxy groups -OCH3 is 1. The Bertz CT molecular complexity index is 559. The van der Waals surface area contributed by atoms with Gasteiger partial charge in [0.2, 0.25) is 0 Å². The Kier molecular flexibility index (Phi) is 5.82. The summed E-state index contributed by atoms with van der Waals surface area (Å²) in [5.74, 6) is 2.41. The molecule has 0 aliphatic rings. The number of anilines is 3. The van der Waals surface area contributed by atoms with Crippen molar-refractivity contribution >= 4 is 17.3 Å². The van der Waals surface area contributed by atoms with Crippen LogP contribution in [0.15, 0.2) is 36.7 Å². The van der Waals surface area contributed by atoms with Crippen LogP contribution in [-0.4, -0.2) is 23.6 Å². The van der Waals surface area contributed by atoms with Gasteiger partial charge in [-0.1, -0.05) is 25.8 Å². The second-order valence-electron chi connectivity index (χ2n) is 4.78. The van der Waals surface area contributed by atoms with Crippen molar-refractivity contribution in [3.8, 4) is 5.75 Å². The topological polar surface area (TPSA) is 59.1 Å². The van der Waals surface area contributed by atoms with Gasteiger partial charge >= 0.3 is 0 Å². The number of nitrogens with zero attached hydrogens (tertiary/aromatic N) is 2. The second kappa shape index (κ2) is 8.09. The van der Waals surface area contributed by atoms with E-state index in [-0.39, 0.29) is 0 Å². The molecule has 1 heterocycles. The van der Waals surface area contributed by atoms with Gasteiger partial charge in [0.15, 0.2) is 0 Å². The number of hydrogen-bond acceptors (Lipinski definition) is 5. The van der Waals surface area contributed by atoms with Gasteiger partial charge in [-0.2, -0.15) is 0 Å². The number of benzene rings is 1. The van der Waals surface area contributed by atoms with Crippen LogP contribution in [0.5, 0.6) is 5.75 Å². The zero-order chi connectivity index (χ0) is 14.9. The Labute approximate surface area is 125 Å². The lowest BCUT2D eigenvalue weighted by molar-refractivity contribution is 0.415. The summed E-state index contributed by atoms with van der Waals surface area (Å²) in [4.78, 5) is 8.46. The molecule has 0 spiro atoms. The molecular weight excluding hydrogens is 264 g/mol. The van der Waals surface area contributed by atoms with E-state index < -0.39 is 0 Å². The van der Waals surface area contributed by atoms with Gasteiger partial charge in [-0.3, -0.25) is 0 Å². The third-order valence-corrected chi connectivity index (χ3v) is 3.10. The number of unbranched alkanes of at least 4 members (excludes halogenated alkanes) is 2. The van der Waals surface area contributed by atoms with E-state index in [4.69, 9.17) is 4.74 Å². The zero-order valence-electron chi connectivity index (χ0n) is 12.6. The lowest BCUT2D eigenvalue weighted by atomic mass is 10.2. The summed E-state index contributed by atoms with van der Waals surface area (Å²) in [5.41, 5.74) is 0.935. The minimum Gasteiger partial charge on any atom is -0.497 e. The van der Waals surface area contributed by atoms with Crippen molar-refractivity contribution in [2.75, 3.05) is 24.3 Å². The number of ether oxygens (including phenoxy) is 1. The van der Waals surface area contributed by atoms with Gasteiger partial charge in [0.1, 0.15) is 23.7 Å². The van der Waals surface area contributed by atoms with Crippen LogP contribution >= 0.6 is 0 Å². The normalized spacial score (nSPS) is 10.2. The SMILES string of the molecule is CCCCCNc1cc(Nc2cccc(OC)c2)ncn1. The number of hydrogen-bond donors (Lipinski definition) is 2. The van der Waals surface area contributed by atoms with E-state index in [0.717, 1.165) is 36.0 Å². The lowest BCUT2D eigenvalue weighted by Crippen LogP contribution is -2.04. The van der Waals surface area contributed by atoms with E-state index in [0.29, 0.717) is 0 Å². The number of nitrogens with one attached hydrogen (secondary N) is 2. The van der Waals surface area contributed by atoms with Gasteiger partial charge in [0.25, 0.3) is 0 Å². The van der Waals surface area contributed by atoms with Crippen LogP contribution in [0.3, 0.4) is 0 Å². The van der Waals surface area contributed by atoms with Crippen LogP contribution in [0, 0.1) is 0 Å². The molecule has 0 aliphatic heterocycles. The van der Waals surface area contributed by atoms with Crippen molar-refractivity contribution in [1.29, 1.82) is 0 Å². The predicted octanol–water partition coefficient (Wildman–Crippen LogP) is 3.83. The summed E-state index contributed by atoms with van der Waals surface area (Å²) in [6.07, 6.45) is 5.16. The fraction of sp³-hybridized carbons (Fsp3) is 0.375. The van der Waals surface area contributed by atoms with Gasteiger partial charge in [-0.25, -0.2) is 9.97 Å². The van der Waals surface area contributed by atoms with Gasteiger partial charge in [0, 0.05) is 24.4 Å². The Balaban J connectivity index is 1.96. The van der Waals surface area contributed by atoms with Crippen molar-refractivity contribution < 1.29 is 4.74 Å². The molecule has 0 bridgehead atoms. The summed E-state index contributed by atoms with van der Waals surface area (Å²) in [5, 5.41) is 6.56. The molecule has 2 rings (SSSR count). The summed E-state index contributed by atoms with van der Waals surface area (Å²) in [6.45, 7) is 3.13. The average molecular weight is 286 g/mol. The molecule has 5 heteroatoms. The van der Waals surface area contributed by atoms with E-state index in [1.165, 1.54) is 12.8 Å². The largest absolute Gasteiger partial charge is 0.497 e. The highest BCUT2D eigenvalue weighted by Crippen LogP contribution is 2.20. The van der Waals surface area contributed by atoms with Crippen LogP contribution in [0.4, 0.5) is 17.3 Å². The number of rotatable bonds is 8. The van der Waals surface area contributed by atoms with Gasteiger partial charge in [0.05, 0.1) is 7.11 Å². The van der Waals surface area contributed by atoms with E-state index in [2.05, 4.69) is 27.5 Å². The Morgan fingerprint density at radius 2 is 1.95 bits per heavy atom.